The summed E-state index contributed by atoms with van der Waals surface area (Å²) in [5.74, 6) is 2.53. The summed E-state index contributed by atoms with van der Waals surface area (Å²) in [5.41, 5.74) is 1.22. The van der Waals surface area contributed by atoms with Crippen LogP contribution in [-0.4, -0.2) is 46.3 Å². The molecule has 1 aromatic rings. The monoisotopic (exact) mass is 345 g/mol. The maximum absolute atomic E-state index is 12.5. The summed E-state index contributed by atoms with van der Waals surface area (Å²) in [6.07, 6.45) is 0.858. The molecule has 0 aliphatic carbocycles. The normalized spacial score (nSPS) is 22.0. The number of rotatable bonds is 6. The lowest BCUT2D eigenvalue weighted by Gasteiger charge is -2.26. The molecule has 1 heterocycles. The van der Waals surface area contributed by atoms with E-state index in [9.17, 15) is 8.42 Å². The first-order valence-electron chi connectivity index (χ1n) is 7.11. The van der Waals surface area contributed by atoms with Gasteiger partial charge in [0.05, 0.1) is 17.6 Å². The molecule has 1 fully saturated rings. The summed E-state index contributed by atoms with van der Waals surface area (Å²) < 4.78 is 38.6. The third-order valence-electron chi connectivity index (χ3n) is 4.03. The number of hydrogen-bond donors (Lipinski definition) is 1. The van der Waals surface area contributed by atoms with Gasteiger partial charge in [0.2, 0.25) is 10.0 Å². The summed E-state index contributed by atoms with van der Waals surface area (Å²) in [6.45, 7) is 3.98. The van der Waals surface area contributed by atoms with Crippen LogP contribution in [0.5, 0.6) is 5.75 Å². The summed E-state index contributed by atoms with van der Waals surface area (Å²) >= 11 is 1.79. The standard InChI is InChI=1S/C15H23NO4S2/c1-11-7-13(8-12(2)14(11)19-3)22(17,18)16-9-15(20-4)5-6-21-10-15/h7-8,16H,5-6,9-10H2,1-4H3/t15-/m1/s1. The number of methoxy groups -OCH3 is 2. The van der Waals surface area contributed by atoms with E-state index in [4.69, 9.17) is 9.47 Å². The van der Waals surface area contributed by atoms with Crippen LogP contribution in [0, 0.1) is 13.8 Å². The summed E-state index contributed by atoms with van der Waals surface area (Å²) in [7, 11) is -0.335. The Labute approximate surface area is 136 Å². The van der Waals surface area contributed by atoms with E-state index >= 15 is 0 Å². The Kier molecular flexibility index (Phi) is 5.42. The van der Waals surface area contributed by atoms with Crippen molar-refractivity contribution in [3.05, 3.63) is 23.3 Å². The van der Waals surface area contributed by atoms with Crippen molar-refractivity contribution < 1.29 is 17.9 Å². The zero-order valence-electron chi connectivity index (χ0n) is 13.4. The molecule has 0 radical (unpaired) electrons. The zero-order chi connectivity index (χ0) is 16.4. The second-order valence-corrected chi connectivity index (χ2v) is 8.48. The van der Waals surface area contributed by atoms with Gasteiger partial charge in [-0.3, -0.25) is 0 Å². The largest absolute Gasteiger partial charge is 0.496 e. The first-order chi connectivity index (χ1) is 10.3. The molecule has 0 saturated carbocycles. The summed E-state index contributed by atoms with van der Waals surface area (Å²) in [6, 6.07) is 3.27. The lowest BCUT2D eigenvalue weighted by molar-refractivity contribution is 0.0179. The molecule has 1 aliphatic rings. The molecular formula is C15H23NO4S2. The van der Waals surface area contributed by atoms with E-state index in [0.717, 1.165) is 34.8 Å². The fourth-order valence-electron chi connectivity index (χ4n) is 2.66. The highest BCUT2D eigenvalue weighted by molar-refractivity contribution is 7.99. The Bertz CT molecular complexity index is 614. The van der Waals surface area contributed by atoms with Gasteiger partial charge in [-0.2, -0.15) is 11.8 Å². The second-order valence-electron chi connectivity index (χ2n) is 5.60. The Morgan fingerprint density at radius 1 is 1.27 bits per heavy atom. The Morgan fingerprint density at radius 3 is 2.36 bits per heavy atom. The Hall–Kier alpha value is -0.760. The molecule has 1 atom stereocenters. The maximum Gasteiger partial charge on any atom is 0.240 e. The molecule has 22 heavy (non-hydrogen) atoms. The highest BCUT2D eigenvalue weighted by Crippen LogP contribution is 2.31. The summed E-state index contributed by atoms with van der Waals surface area (Å²) in [5, 5.41) is 0. The van der Waals surface area contributed by atoms with E-state index in [-0.39, 0.29) is 4.90 Å². The molecule has 0 amide bonds. The minimum absolute atomic E-state index is 0.264. The molecule has 1 N–H and O–H groups in total. The van der Waals surface area contributed by atoms with Crippen molar-refractivity contribution >= 4 is 21.8 Å². The molecule has 0 spiro atoms. The van der Waals surface area contributed by atoms with Crippen LogP contribution in [-0.2, 0) is 14.8 Å². The average molecular weight is 345 g/mol. The van der Waals surface area contributed by atoms with Crippen LogP contribution in [0.3, 0.4) is 0 Å². The molecule has 2 rings (SSSR count). The van der Waals surface area contributed by atoms with Gasteiger partial charge >= 0.3 is 0 Å². The molecular weight excluding hydrogens is 322 g/mol. The van der Waals surface area contributed by atoms with Gasteiger partial charge in [-0.15, -0.1) is 0 Å². The number of thioether (sulfide) groups is 1. The number of aryl methyl sites for hydroxylation is 2. The van der Waals surface area contributed by atoms with E-state index in [1.807, 2.05) is 13.8 Å². The summed E-state index contributed by atoms with van der Waals surface area (Å²) in [4.78, 5) is 0.264. The number of nitrogens with one attached hydrogen (secondary N) is 1. The van der Waals surface area contributed by atoms with Gasteiger partial charge in [0.15, 0.2) is 0 Å². The number of hydrogen-bond acceptors (Lipinski definition) is 5. The second kappa shape index (κ2) is 6.78. The number of benzene rings is 1. The SMILES string of the molecule is COc1c(C)cc(S(=O)(=O)NC[C@]2(OC)CCSC2)cc1C. The van der Waals surface area contributed by atoms with Crippen LogP contribution in [0.2, 0.25) is 0 Å². The maximum atomic E-state index is 12.5. The Balaban J connectivity index is 2.20. The van der Waals surface area contributed by atoms with Gasteiger partial charge in [0.25, 0.3) is 0 Å². The fraction of sp³-hybridized carbons (Fsp3) is 0.600. The van der Waals surface area contributed by atoms with E-state index in [2.05, 4.69) is 4.72 Å². The van der Waals surface area contributed by atoms with Crippen LogP contribution in [0.4, 0.5) is 0 Å². The van der Waals surface area contributed by atoms with Gasteiger partial charge in [0, 0.05) is 19.4 Å². The van der Waals surface area contributed by atoms with Crippen LogP contribution in [0.15, 0.2) is 17.0 Å². The minimum atomic E-state index is -3.56. The molecule has 1 saturated heterocycles. The van der Waals surface area contributed by atoms with Crippen molar-refractivity contribution in [2.24, 2.45) is 0 Å². The van der Waals surface area contributed by atoms with Gasteiger partial charge < -0.3 is 9.47 Å². The first kappa shape index (κ1) is 17.6. The number of sulfonamides is 1. The van der Waals surface area contributed by atoms with Crippen LogP contribution < -0.4 is 9.46 Å². The topological polar surface area (TPSA) is 64.6 Å². The van der Waals surface area contributed by atoms with Crippen molar-refractivity contribution in [3.63, 3.8) is 0 Å². The third kappa shape index (κ3) is 3.59. The molecule has 5 nitrogen and oxygen atoms in total. The molecule has 1 aliphatic heterocycles. The van der Waals surface area contributed by atoms with E-state index in [1.54, 1.807) is 38.1 Å². The van der Waals surface area contributed by atoms with Crippen LogP contribution in [0.1, 0.15) is 17.5 Å². The highest BCUT2D eigenvalue weighted by Gasteiger charge is 2.35. The average Bonchev–Trinajstić information content (AvgIpc) is 2.94. The molecule has 1 aromatic carbocycles. The van der Waals surface area contributed by atoms with Gasteiger partial charge in [-0.05, 0) is 49.3 Å². The minimum Gasteiger partial charge on any atom is -0.496 e. The molecule has 0 unspecified atom stereocenters. The van der Waals surface area contributed by atoms with Crippen molar-refractivity contribution in [3.8, 4) is 5.75 Å². The molecule has 124 valence electrons. The molecule has 7 heteroatoms. The fourth-order valence-corrected chi connectivity index (χ4v) is 5.34. The van der Waals surface area contributed by atoms with E-state index in [0.29, 0.717) is 6.54 Å². The predicted octanol–water partition coefficient (Wildman–Crippen LogP) is 2.11. The zero-order valence-corrected chi connectivity index (χ0v) is 15.1. The van der Waals surface area contributed by atoms with Gasteiger partial charge in [-0.25, -0.2) is 13.1 Å². The quantitative estimate of drug-likeness (QED) is 0.855. The highest BCUT2D eigenvalue weighted by atomic mass is 32.2. The van der Waals surface area contributed by atoms with E-state index < -0.39 is 15.6 Å². The van der Waals surface area contributed by atoms with Gasteiger partial charge in [0.1, 0.15) is 5.75 Å². The molecule has 0 bridgehead atoms. The molecule has 0 aromatic heterocycles. The van der Waals surface area contributed by atoms with Gasteiger partial charge in [-0.1, -0.05) is 0 Å². The lowest BCUT2D eigenvalue weighted by atomic mass is 10.0. The third-order valence-corrected chi connectivity index (χ3v) is 6.64. The van der Waals surface area contributed by atoms with Crippen molar-refractivity contribution in [1.82, 2.24) is 4.72 Å². The Morgan fingerprint density at radius 2 is 1.91 bits per heavy atom. The van der Waals surface area contributed by atoms with Crippen molar-refractivity contribution in [1.29, 1.82) is 0 Å². The first-order valence-corrected chi connectivity index (χ1v) is 9.75. The lowest BCUT2D eigenvalue weighted by Crippen LogP contribution is -2.44. The smallest absolute Gasteiger partial charge is 0.240 e. The van der Waals surface area contributed by atoms with Crippen molar-refractivity contribution in [2.75, 3.05) is 32.3 Å². The van der Waals surface area contributed by atoms with Crippen LogP contribution >= 0.6 is 11.8 Å². The van der Waals surface area contributed by atoms with Crippen LogP contribution in [0.25, 0.3) is 0 Å². The predicted molar refractivity (Wildman–Crippen MR) is 89.3 cm³/mol. The van der Waals surface area contributed by atoms with E-state index in [1.165, 1.54) is 0 Å². The number of ether oxygens (including phenoxy) is 2. The van der Waals surface area contributed by atoms with Crippen molar-refractivity contribution in [2.45, 2.75) is 30.8 Å².